The van der Waals surface area contributed by atoms with Gasteiger partial charge in [-0.05, 0) is 50.3 Å². The molecule has 0 aliphatic rings. The summed E-state index contributed by atoms with van der Waals surface area (Å²) in [6, 6.07) is 18.4. The topological polar surface area (TPSA) is 86.5 Å². The van der Waals surface area contributed by atoms with E-state index in [9.17, 15) is 0 Å². The van der Waals surface area contributed by atoms with E-state index in [-0.39, 0.29) is 0 Å². The second kappa shape index (κ2) is 11.1. The van der Waals surface area contributed by atoms with Gasteiger partial charge in [-0.25, -0.2) is 0 Å². The van der Waals surface area contributed by atoms with E-state index in [4.69, 9.17) is 15.1 Å². The molecule has 0 saturated heterocycles. The average molecular weight is 393 g/mol. The maximum atomic E-state index is 5.51. The molecule has 152 valence electrons. The summed E-state index contributed by atoms with van der Waals surface area (Å²) in [7, 11) is 0. The molecule has 0 unspecified atom stereocenters. The van der Waals surface area contributed by atoms with Gasteiger partial charge in [-0.15, -0.1) is 0 Å². The van der Waals surface area contributed by atoms with Gasteiger partial charge in [0.05, 0.1) is 5.71 Å². The Morgan fingerprint density at radius 1 is 1.00 bits per heavy atom. The number of aryl methyl sites for hydroxylation is 2. The molecule has 3 aromatic rings. The van der Waals surface area contributed by atoms with Crippen LogP contribution in [0, 0.1) is 0 Å². The zero-order valence-corrected chi connectivity index (χ0v) is 16.9. The van der Waals surface area contributed by atoms with Crippen molar-refractivity contribution < 1.29 is 9.36 Å². The Labute approximate surface area is 171 Å². The van der Waals surface area contributed by atoms with Crippen LogP contribution in [0.2, 0.25) is 0 Å². The van der Waals surface area contributed by atoms with E-state index < -0.39 is 0 Å². The van der Waals surface area contributed by atoms with E-state index >= 15 is 0 Å². The number of hydrogen-bond acceptors (Lipinski definition) is 6. The Bertz CT molecular complexity index is 889. The minimum atomic E-state index is 0.591. The third-order valence-electron chi connectivity index (χ3n) is 4.62. The van der Waals surface area contributed by atoms with Crippen LogP contribution in [0.5, 0.6) is 0 Å². The summed E-state index contributed by atoms with van der Waals surface area (Å²) < 4.78 is 5.25. The van der Waals surface area contributed by atoms with Gasteiger partial charge in [-0.3, -0.25) is 0 Å². The molecule has 0 saturated carbocycles. The van der Waals surface area contributed by atoms with Crippen molar-refractivity contribution in [1.29, 1.82) is 0 Å². The zero-order valence-electron chi connectivity index (χ0n) is 16.9. The smallest absolute Gasteiger partial charge is 0.227 e. The molecular weight excluding hydrogens is 364 g/mol. The van der Waals surface area contributed by atoms with Crippen molar-refractivity contribution in [2.24, 2.45) is 10.9 Å². The minimum Gasteiger partial charge on any atom is -0.396 e. The monoisotopic (exact) mass is 392 g/mol. The van der Waals surface area contributed by atoms with Gasteiger partial charge in [0.25, 0.3) is 0 Å². The van der Waals surface area contributed by atoms with E-state index in [1.807, 2.05) is 37.3 Å². The number of rotatable bonds is 11. The molecular formula is C23H28N4O2. The quantitative estimate of drug-likeness (QED) is 0.297. The molecule has 3 rings (SSSR count). The summed E-state index contributed by atoms with van der Waals surface area (Å²) in [4.78, 5) is 9.89. The fraction of sp³-hybridized carbons (Fsp3) is 0.348. The summed E-state index contributed by atoms with van der Waals surface area (Å²) in [6.45, 7) is 3.18. The van der Waals surface area contributed by atoms with Gasteiger partial charge in [-0.1, -0.05) is 64.9 Å². The maximum Gasteiger partial charge on any atom is 0.227 e. The van der Waals surface area contributed by atoms with Gasteiger partial charge < -0.3 is 15.1 Å². The lowest BCUT2D eigenvalue weighted by molar-refractivity contribution is 0.140. The number of oxime groups is 1. The summed E-state index contributed by atoms with van der Waals surface area (Å²) in [6.07, 6.45) is 4.68. The van der Waals surface area contributed by atoms with Crippen molar-refractivity contribution in [3.05, 3.63) is 71.6 Å². The minimum absolute atomic E-state index is 0.591. The Morgan fingerprint density at radius 3 is 2.55 bits per heavy atom. The molecule has 0 aliphatic heterocycles. The molecule has 0 bridgehead atoms. The van der Waals surface area contributed by atoms with Crippen LogP contribution in [-0.4, -0.2) is 29.0 Å². The highest BCUT2D eigenvalue weighted by Gasteiger charge is 2.08. The molecule has 0 aliphatic carbocycles. The summed E-state index contributed by atoms with van der Waals surface area (Å²) in [5.74, 6) is 1.21. The van der Waals surface area contributed by atoms with Crippen molar-refractivity contribution in [3.63, 3.8) is 0 Å². The molecule has 6 heteroatoms. The Balaban J connectivity index is 1.44. The maximum absolute atomic E-state index is 5.51. The lowest BCUT2D eigenvalue weighted by atomic mass is 10.1. The standard InChI is InChI=1S/C23H28N4O2/c1-18(26-28-17-6-5-10-19-8-3-2-4-9-19)20-12-14-21(15-13-20)23-25-22(29-27-23)11-7-16-24/h2-4,8-9,12-15H,5-7,10-11,16-17,24H2,1H3/b26-18+. The first kappa shape index (κ1) is 20.7. The SMILES string of the molecule is C/C(=N\OCCCCc1ccccc1)c1ccc(-c2noc(CCCN)n2)cc1. The Morgan fingerprint density at radius 2 is 1.79 bits per heavy atom. The van der Waals surface area contributed by atoms with Crippen LogP contribution in [-0.2, 0) is 17.7 Å². The van der Waals surface area contributed by atoms with Crippen LogP contribution in [0.1, 0.15) is 43.2 Å². The van der Waals surface area contributed by atoms with E-state index in [0.717, 1.165) is 42.5 Å². The predicted octanol–water partition coefficient (Wildman–Crippen LogP) is 4.39. The van der Waals surface area contributed by atoms with Gasteiger partial charge in [0.1, 0.15) is 6.61 Å². The highest BCUT2D eigenvalue weighted by atomic mass is 16.6. The Kier molecular flexibility index (Phi) is 7.95. The van der Waals surface area contributed by atoms with Crippen LogP contribution in [0.4, 0.5) is 0 Å². The largest absolute Gasteiger partial charge is 0.396 e. The van der Waals surface area contributed by atoms with Crippen LogP contribution >= 0.6 is 0 Å². The molecule has 6 nitrogen and oxygen atoms in total. The van der Waals surface area contributed by atoms with Crippen molar-refractivity contribution in [2.75, 3.05) is 13.2 Å². The number of nitrogens with zero attached hydrogens (tertiary/aromatic N) is 3. The first-order valence-electron chi connectivity index (χ1n) is 10.1. The number of hydrogen-bond donors (Lipinski definition) is 1. The molecule has 0 fully saturated rings. The number of nitrogens with two attached hydrogens (primary N) is 1. The molecule has 0 amide bonds. The van der Waals surface area contributed by atoms with E-state index in [2.05, 4.69) is 39.6 Å². The van der Waals surface area contributed by atoms with E-state index in [1.54, 1.807) is 0 Å². The summed E-state index contributed by atoms with van der Waals surface area (Å²) >= 11 is 0. The van der Waals surface area contributed by atoms with Gasteiger partial charge in [0.2, 0.25) is 11.7 Å². The van der Waals surface area contributed by atoms with E-state index in [1.165, 1.54) is 5.56 Å². The van der Waals surface area contributed by atoms with Crippen molar-refractivity contribution >= 4 is 5.71 Å². The van der Waals surface area contributed by atoms with E-state index in [0.29, 0.717) is 31.3 Å². The highest BCUT2D eigenvalue weighted by Crippen LogP contribution is 2.17. The third kappa shape index (κ3) is 6.54. The zero-order chi connectivity index (χ0) is 20.3. The first-order chi connectivity index (χ1) is 14.3. The lowest BCUT2D eigenvalue weighted by Crippen LogP contribution is -2.00. The highest BCUT2D eigenvalue weighted by molar-refractivity contribution is 5.98. The Hall–Kier alpha value is -2.99. The lowest BCUT2D eigenvalue weighted by Gasteiger charge is -2.04. The normalized spacial score (nSPS) is 11.6. The van der Waals surface area contributed by atoms with Crippen molar-refractivity contribution in [3.8, 4) is 11.4 Å². The molecule has 29 heavy (non-hydrogen) atoms. The first-order valence-corrected chi connectivity index (χ1v) is 10.1. The molecule has 0 atom stereocenters. The van der Waals surface area contributed by atoms with Crippen molar-refractivity contribution in [1.82, 2.24) is 10.1 Å². The number of benzene rings is 2. The van der Waals surface area contributed by atoms with Crippen LogP contribution in [0.3, 0.4) is 0 Å². The van der Waals surface area contributed by atoms with Crippen LogP contribution < -0.4 is 5.73 Å². The van der Waals surface area contributed by atoms with Crippen LogP contribution in [0.15, 0.2) is 64.3 Å². The summed E-state index contributed by atoms with van der Waals surface area (Å²) in [5.41, 5.74) is 9.63. The second-order valence-electron chi connectivity index (χ2n) is 6.93. The third-order valence-corrected chi connectivity index (χ3v) is 4.62. The number of unbranched alkanes of at least 4 members (excludes halogenated alkanes) is 1. The van der Waals surface area contributed by atoms with Crippen molar-refractivity contribution in [2.45, 2.75) is 39.0 Å². The number of aromatic nitrogens is 2. The molecule has 2 aromatic carbocycles. The fourth-order valence-corrected chi connectivity index (χ4v) is 2.92. The molecule has 0 radical (unpaired) electrons. The van der Waals surface area contributed by atoms with Gasteiger partial charge in [0, 0.05) is 12.0 Å². The fourth-order valence-electron chi connectivity index (χ4n) is 2.92. The second-order valence-corrected chi connectivity index (χ2v) is 6.93. The molecule has 0 spiro atoms. The average Bonchev–Trinajstić information content (AvgIpc) is 3.24. The van der Waals surface area contributed by atoms with Gasteiger partial charge >= 0.3 is 0 Å². The van der Waals surface area contributed by atoms with Gasteiger partial charge in [-0.2, -0.15) is 4.98 Å². The predicted molar refractivity (Wildman–Crippen MR) is 115 cm³/mol. The summed E-state index contributed by atoms with van der Waals surface area (Å²) in [5, 5.41) is 8.27. The molecule has 1 aromatic heterocycles. The molecule has 1 heterocycles. The van der Waals surface area contributed by atoms with Gasteiger partial charge in [0.15, 0.2) is 0 Å². The molecule has 2 N–H and O–H groups in total. The van der Waals surface area contributed by atoms with Crippen LogP contribution in [0.25, 0.3) is 11.4 Å².